The number of thiazole rings is 1. The summed E-state index contributed by atoms with van der Waals surface area (Å²) in [5.74, 6) is -0.173. The third kappa shape index (κ3) is 4.40. The summed E-state index contributed by atoms with van der Waals surface area (Å²) in [5, 5.41) is 6.56. The number of benzene rings is 1. The van der Waals surface area contributed by atoms with Crippen LogP contribution >= 0.6 is 11.3 Å². The standard InChI is InChI=1S/C11H12N4O2S.C8H9N/c16-9(13-4-7-2-1-3-17-7)11-15-8-5-12-6-14-10(8)18-11;1-2-4-8-7(3-1)5-6-9-8/h5-7H,1-4H2,(H,13,16);1-4,9H,5-6H2. The Hall–Kier alpha value is -2.58. The molecule has 5 rings (SSSR count). The quantitative estimate of drug-likeness (QED) is 0.723. The highest BCUT2D eigenvalue weighted by atomic mass is 32.1. The van der Waals surface area contributed by atoms with E-state index in [9.17, 15) is 4.79 Å². The molecule has 2 N–H and O–H groups in total. The van der Waals surface area contributed by atoms with E-state index in [1.807, 2.05) is 0 Å². The molecule has 0 spiro atoms. The number of hydrogen-bond acceptors (Lipinski definition) is 7. The number of anilines is 1. The van der Waals surface area contributed by atoms with Gasteiger partial charge in [-0.15, -0.1) is 0 Å². The molecule has 7 nitrogen and oxygen atoms in total. The van der Waals surface area contributed by atoms with E-state index in [1.54, 1.807) is 6.20 Å². The summed E-state index contributed by atoms with van der Waals surface area (Å²) >= 11 is 1.27. The number of fused-ring (bicyclic) bond motifs is 2. The molecule has 2 aromatic heterocycles. The van der Waals surface area contributed by atoms with Crippen molar-refractivity contribution < 1.29 is 9.53 Å². The lowest BCUT2D eigenvalue weighted by atomic mass is 10.2. The van der Waals surface area contributed by atoms with Crippen molar-refractivity contribution in [1.82, 2.24) is 20.3 Å². The van der Waals surface area contributed by atoms with Crippen LogP contribution in [-0.2, 0) is 11.2 Å². The average molecular weight is 383 g/mol. The fraction of sp³-hybridized carbons (Fsp3) is 0.368. The van der Waals surface area contributed by atoms with Crippen molar-refractivity contribution in [1.29, 1.82) is 0 Å². The fourth-order valence-electron chi connectivity index (χ4n) is 3.12. The Balaban J connectivity index is 0.000000167. The molecule has 1 amide bonds. The molecule has 140 valence electrons. The van der Waals surface area contributed by atoms with Crippen LogP contribution in [0.3, 0.4) is 0 Å². The minimum Gasteiger partial charge on any atom is -0.384 e. The van der Waals surface area contributed by atoms with Gasteiger partial charge in [0.05, 0.1) is 12.3 Å². The van der Waals surface area contributed by atoms with Gasteiger partial charge in [-0.2, -0.15) is 0 Å². The third-order valence-electron chi connectivity index (χ3n) is 4.51. The van der Waals surface area contributed by atoms with Crippen LogP contribution in [0.4, 0.5) is 5.69 Å². The zero-order valence-electron chi connectivity index (χ0n) is 14.9. The lowest BCUT2D eigenvalue weighted by Crippen LogP contribution is -2.31. The van der Waals surface area contributed by atoms with Crippen molar-refractivity contribution in [2.45, 2.75) is 25.4 Å². The Morgan fingerprint density at radius 3 is 3.11 bits per heavy atom. The number of aromatic nitrogens is 3. The van der Waals surface area contributed by atoms with Gasteiger partial charge < -0.3 is 15.4 Å². The molecule has 27 heavy (non-hydrogen) atoms. The summed E-state index contributed by atoms with van der Waals surface area (Å²) in [6, 6.07) is 8.46. The summed E-state index contributed by atoms with van der Waals surface area (Å²) in [7, 11) is 0. The summed E-state index contributed by atoms with van der Waals surface area (Å²) in [6.45, 7) is 2.44. The first-order valence-electron chi connectivity index (χ1n) is 9.08. The van der Waals surface area contributed by atoms with E-state index in [0.29, 0.717) is 17.1 Å². The number of para-hydroxylation sites is 1. The average Bonchev–Trinajstić information content (AvgIpc) is 3.46. The Morgan fingerprint density at radius 2 is 2.30 bits per heavy atom. The number of hydrogen-bond donors (Lipinski definition) is 2. The Labute approximate surface area is 161 Å². The van der Waals surface area contributed by atoms with Crippen molar-refractivity contribution in [3.8, 4) is 0 Å². The molecule has 3 aromatic rings. The number of carbonyl (C=O) groups is 1. The molecule has 0 saturated carbocycles. The number of rotatable bonds is 3. The van der Waals surface area contributed by atoms with E-state index in [1.165, 1.54) is 35.3 Å². The predicted octanol–water partition coefficient (Wildman–Crippen LogP) is 2.65. The first-order chi connectivity index (χ1) is 13.3. The van der Waals surface area contributed by atoms with Crippen LogP contribution in [0, 0.1) is 0 Å². The van der Waals surface area contributed by atoms with Crippen molar-refractivity contribution in [3.05, 3.63) is 47.4 Å². The second kappa shape index (κ2) is 8.41. The maximum Gasteiger partial charge on any atom is 0.280 e. The molecular formula is C19H21N5O2S. The van der Waals surface area contributed by atoms with Crippen LogP contribution in [0.5, 0.6) is 0 Å². The molecule has 1 atom stereocenters. The number of ether oxygens (including phenoxy) is 1. The molecule has 0 bridgehead atoms. The topological polar surface area (TPSA) is 89.0 Å². The smallest absolute Gasteiger partial charge is 0.280 e. The van der Waals surface area contributed by atoms with Gasteiger partial charge in [0.15, 0.2) is 5.01 Å². The second-order valence-electron chi connectivity index (χ2n) is 6.41. The Morgan fingerprint density at radius 1 is 1.37 bits per heavy atom. The lowest BCUT2D eigenvalue weighted by molar-refractivity contribution is 0.0857. The van der Waals surface area contributed by atoms with Gasteiger partial charge >= 0.3 is 0 Å². The zero-order chi connectivity index (χ0) is 18.5. The third-order valence-corrected chi connectivity index (χ3v) is 5.49. The highest BCUT2D eigenvalue weighted by Crippen LogP contribution is 2.20. The lowest BCUT2D eigenvalue weighted by Gasteiger charge is -2.09. The molecule has 2 aliphatic heterocycles. The summed E-state index contributed by atoms with van der Waals surface area (Å²) < 4.78 is 5.44. The SMILES string of the molecule is O=C(NCC1CCCO1)c1nc2cncnc2s1.c1ccc2c(c1)CCN2. The van der Waals surface area contributed by atoms with Gasteiger partial charge in [-0.05, 0) is 30.9 Å². The van der Waals surface area contributed by atoms with Gasteiger partial charge in [-0.3, -0.25) is 4.79 Å². The van der Waals surface area contributed by atoms with Gasteiger partial charge in [0.1, 0.15) is 16.7 Å². The van der Waals surface area contributed by atoms with Crippen molar-refractivity contribution in [3.63, 3.8) is 0 Å². The predicted molar refractivity (Wildman–Crippen MR) is 105 cm³/mol. The van der Waals surface area contributed by atoms with Crippen LogP contribution in [-0.4, -0.2) is 46.7 Å². The first kappa shape index (κ1) is 17.8. The number of carbonyl (C=O) groups excluding carboxylic acids is 1. The molecule has 1 saturated heterocycles. The van der Waals surface area contributed by atoms with E-state index in [2.05, 4.69) is 49.9 Å². The monoisotopic (exact) mass is 383 g/mol. The van der Waals surface area contributed by atoms with E-state index < -0.39 is 0 Å². The number of nitrogens with zero attached hydrogens (tertiary/aromatic N) is 3. The van der Waals surface area contributed by atoms with Gasteiger partial charge in [-0.25, -0.2) is 15.0 Å². The number of amides is 1. The minimum absolute atomic E-state index is 0.142. The largest absolute Gasteiger partial charge is 0.384 e. The molecular weight excluding hydrogens is 362 g/mol. The molecule has 1 unspecified atom stereocenters. The van der Waals surface area contributed by atoms with E-state index in [4.69, 9.17) is 4.74 Å². The fourth-order valence-corrected chi connectivity index (χ4v) is 3.91. The molecule has 0 radical (unpaired) electrons. The van der Waals surface area contributed by atoms with Crippen LogP contribution in [0.1, 0.15) is 28.2 Å². The van der Waals surface area contributed by atoms with Crippen molar-refractivity contribution in [2.75, 3.05) is 25.0 Å². The molecule has 0 aliphatic carbocycles. The first-order valence-corrected chi connectivity index (χ1v) is 9.89. The summed E-state index contributed by atoms with van der Waals surface area (Å²) in [4.78, 5) is 24.8. The second-order valence-corrected chi connectivity index (χ2v) is 7.39. The summed E-state index contributed by atoms with van der Waals surface area (Å²) in [6.07, 6.45) is 6.46. The van der Waals surface area contributed by atoms with Gasteiger partial charge in [0.25, 0.3) is 5.91 Å². The van der Waals surface area contributed by atoms with Crippen molar-refractivity contribution >= 4 is 33.3 Å². The molecule has 1 fully saturated rings. The normalized spacial score (nSPS) is 17.7. The van der Waals surface area contributed by atoms with Gasteiger partial charge in [0, 0.05) is 25.4 Å². The zero-order valence-corrected chi connectivity index (χ0v) is 15.7. The minimum atomic E-state index is -0.173. The molecule has 1 aromatic carbocycles. The Kier molecular flexibility index (Phi) is 5.55. The maximum atomic E-state index is 11.9. The van der Waals surface area contributed by atoms with E-state index in [0.717, 1.165) is 30.8 Å². The maximum absolute atomic E-state index is 11.9. The number of nitrogens with one attached hydrogen (secondary N) is 2. The van der Waals surface area contributed by atoms with E-state index >= 15 is 0 Å². The van der Waals surface area contributed by atoms with Crippen LogP contribution in [0.2, 0.25) is 0 Å². The van der Waals surface area contributed by atoms with Crippen LogP contribution in [0.15, 0.2) is 36.8 Å². The molecule has 2 aliphatic rings. The van der Waals surface area contributed by atoms with Gasteiger partial charge in [0.2, 0.25) is 0 Å². The van der Waals surface area contributed by atoms with Crippen LogP contribution in [0.25, 0.3) is 10.3 Å². The van der Waals surface area contributed by atoms with Crippen LogP contribution < -0.4 is 10.6 Å². The van der Waals surface area contributed by atoms with Gasteiger partial charge in [-0.1, -0.05) is 29.5 Å². The summed E-state index contributed by atoms with van der Waals surface area (Å²) in [5.41, 5.74) is 3.43. The van der Waals surface area contributed by atoms with Crippen molar-refractivity contribution in [2.24, 2.45) is 0 Å². The van der Waals surface area contributed by atoms with E-state index in [-0.39, 0.29) is 12.0 Å². The Bertz CT molecular complexity index is 867. The molecule has 8 heteroatoms. The molecule has 4 heterocycles. The highest BCUT2D eigenvalue weighted by Gasteiger charge is 2.18. The highest BCUT2D eigenvalue weighted by molar-refractivity contribution is 7.19.